The molecule has 0 aromatic heterocycles. The quantitative estimate of drug-likeness (QED) is 0.707. The van der Waals surface area contributed by atoms with Crippen molar-refractivity contribution in [3.05, 3.63) is 35.9 Å². The van der Waals surface area contributed by atoms with Crippen molar-refractivity contribution in [3.63, 3.8) is 0 Å². The van der Waals surface area contributed by atoms with E-state index in [9.17, 15) is 9.59 Å². The Hall–Kier alpha value is -1.68. The molecule has 0 spiro atoms. The molecule has 0 aliphatic carbocycles. The fourth-order valence-corrected chi connectivity index (χ4v) is 1.43. The zero-order valence-corrected chi connectivity index (χ0v) is 9.85. The van der Waals surface area contributed by atoms with Gasteiger partial charge in [0, 0.05) is 13.0 Å². The third-order valence-electron chi connectivity index (χ3n) is 2.51. The van der Waals surface area contributed by atoms with Crippen LogP contribution in [-0.2, 0) is 16.0 Å². The zero-order valence-electron chi connectivity index (χ0n) is 9.85. The molecular formula is C13H17NO3. The Kier molecular flexibility index (Phi) is 5.36. The van der Waals surface area contributed by atoms with Crippen LogP contribution >= 0.6 is 0 Å². The molecule has 0 heterocycles. The summed E-state index contributed by atoms with van der Waals surface area (Å²) in [5.41, 5.74) is 0.902. The lowest BCUT2D eigenvalue weighted by molar-refractivity contribution is -0.133. The first-order chi connectivity index (χ1) is 8.15. The van der Waals surface area contributed by atoms with E-state index < -0.39 is 5.92 Å². The summed E-state index contributed by atoms with van der Waals surface area (Å²) in [5, 5.41) is 11.1. The van der Waals surface area contributed by atoms with Gasteiger partial charge in [-0.05, 0) is 12.5 Å². The van der Waals surface area contributed by atoms with Gasteiger partial charge in [0.1, 0.15) is 5.78 Å². The van der Waals surface area contributed by atoms with E-state index in [4.69, 9.17) is 5.11 Å². The van der Waals surface area contributed by atoms with Gasteiger partial charge >= 0.3 is 0 Å². The van der Waals surface area contributed by atoms with Gasteiger partial charge in [0.25, 0.3) is 0 Å². The molecule has 1 amide bonds. The Morgan fingerprint density at radius 3 is 2.53 bits per heavy atom. The van der Waals surface area contributed by atoms with Crippen LogP contribution in [0.2, 0.25) is 0 Å². The van der Waals surface area contributed by atoms with Crippen LogP contribution < -0.4 is 5.32 Å². The van der Waals surface area contributed by atoms with E-state index in [2.05, 4.69) is 5.32 Å². The predicted molar refractivity (Wildman–Crippen MR) is 64.4 cm³/mol. The monoisotopic (exact) mass is 235 g/mol. The van der Waals surface area contributed by atoms with Crippen molar-refractivity contribution in [2.45, 2.75) is 13.3 Å². The molecule has 0 bridgehead atoms. The van der Waals surface area contributed by atoms with E-state index in [0.717, 1.165) is 5.56 Å². The van der Waals surface area contributed by atoms with E-state index in [-0.39, 0.29) is 31.3 Å². The third kappa shape index (κ3) is 4.36. The lowest BCUT2D eigenvalue weighted by Crippen LogP contribution is -2.35. The summed E-state index contributed by atoms with van der Waals surface area (Å²) in [6.07, 6.45) is 0.258. The summed E-state index contributed by atoms with van der Waals surface area (Å²) < 4.78 is 0. The van der Waals surface area contributed by atoms with Crippen molar-refractivity contribution in [2.24, 2.45) is 5.92 Å². The van der Waals surface area contributed by atoms with Gasteiger partial charge < -0.3 is 10.4 Å². The zero-order chi connectivity index (χ0) is 12.7. The fourth-order valence-electron chi connectivity index (χ4n) is 1.43. The molecule has 2 N–H and O–H groups in total. The van der Waals surface area contributed by atoms with Crippen molar-refractivity contribution < 1.29 is 14.7 Å². The number of hydrogen-bond donors (Lipinski definition) is 2. The smallest absolute Gasteiger partial charge is 0.230 e. The molecule has 0 saturated heterocycles. The van der Waals surface area contributed by atoms with E-state index >= 15 is 0 Å². The minimum Gasteiger partial charge on any atom is -0.395 e. The molecule has 4 nitrogen and oxygen atoms in total. The van der Waals surface area contributed by atoms with Crippen LogP contribution in [-0.4, -0.2) is 29.9 Å². The Balaban J connectivity index is 2.50. The molecule has 4 heteroatoms. The SMILES string of the molecule is CC(C(=O)Cc1ccccc1)C(=O)NCCO. The van der Waals surface area contributed by atoms with Gasteiger partial charge in [-0.25, -0.2) is 0 Å². The maximum Gasteiger partial charge on any atom is 0.230 e. The molecule has 1 atom stereocenters. The number of benzene rings is 1. The second kappa shape index (κ2) is 6.81. The lowest BCUT2D eigenvalue weighted by Gasteiger charge is -2.10. The summed E-state index contributed by atoms with van der Waals surface area (Å²) in [6, 6.07) is 9.32. The Morgan fingerprint density at radius 2 is 1.94 bits per heavy atom. The van der Waals surface area contributed by atoms with Gasteiger partial charge in [0.15, 0.2) is 0 Å². The number of aliphatic hydroxyl groups excluding tert-OH is 1. The molecule has 0 aliphatic heterocycles. The van der Waals surface area contributed by atoms with Gasteiger partial charge in [0.05, 0.1) is 12.5 Å². The number of amides is 1. The Bertz CT molecular complexity index is 376. The maximum absolute atomic E-state index is 11.8. The number of carbonyl (C=O) groups excluding carboxylic acids is 2. The molecule has 92 valence electrons. The highest BCUT2D eigenvalue weighted by Gasteiger charge is 2.20. The van der Waals surface area contributed by atoms with Crippen LogP contribution in [0.3, 0.4) is 0 Å². The van der Waals surface area contributed by atoms with Crippen LogP contribution in [0.15, 0.2) is 30.3 Å². The Morgan fingerprint density at radius 1 is 1.29 bits per heavy atom. The number of hydrogen-bond acceptors (Lipinski definition) is 3. The number of nitrogens with one attached hydrogen (secondary N) is 1. The highest BCUT2D eigenvalue weighted by molar-refractivity contribution is 6.01. The minimum atomic E-state index is -0.679. The number of carbonyl (C=O) groups is 2. The summed E-state index contributed by atoms with van der Waals surface area (Å²) in [7, 11) is 0. The maximum atomic E-state index is 11.8. The topological polar surface area (TPSA) is 66.4 Å². The van der Waals surface area contributed by atoms with Crippen LogP contribution in [0.5, 0.6) is 0 Å². The van der Waals surface area contributed by atoms with E-state index in [0.29, 0.717) is 0 Å². The molecule has 0 saturated carbocycles. The van der Waals surface area contributed by atoms with Gasteiger partial charge in [-0.15, -0.1) is 0 Å². The molecule has 1 unspecified atom stereocenters. The number of rotatable bonds is 6. The van der Waals surface area contributed by atoms with Crippen LogP contribution in [0, 0.1) is 5.92 Å². The largest absolute Gasteiger partial charge is 0.395 e. The number of Topliss-reactive ketones (excluding diaryl/α,β-unsaturated/α-hetero) is 1. The van der Waals surface area contributed by atoms with Crippen LogP contribution in [0.4, 0.5) is 0 Å². The van der Waals surface area contributed by atoms with Crippen LogP contribution in [0.25, 0.3) is 0 Å². The first kappa shape index (κ1) is 13.4. The summed E-state index contributed by atoms with van der Waals surface area (Å²) in [5.74, 6) is -1.13. The standard InChI is InChI=1S/C13H17NO3/c1-10(13(17)14-7-8-15)12(16)9-11-5-3-2-4-6-11/h2-6,10,15H,7-9H2,1H3,(H,14,17). The lowest BCUT2D eigenvalue weighted by atomic mass is 9.99. The first-order valence-corrected chi connectivity index (χ1v) is 5.60. The molecular weight excluding hydrogens is 218 g/mol. The average molecular weight is 235 g/mol. The van der Waals surface area contributed by atoms with Crippen molar-refractivity contribution >= 4 is 11.7 Å². The summed E-state index contributed by atoms with van der Waals surface area (Å²) in [6.45, 7) is 1.64. The van der Waals surface area contributed by atoms with Crippen molar-refractivity contribution in [1.82, 2.24) is 5.32 Å². The first-order valence-electron chi connectivity index (χ1n) is 5.60. The Labute approximate surface area is 101 Å². The van der Waals surface area contributed by atoms with Crippen molar-refractivity contribution in [3.8, 4) is 0 Å². The average Bonchev–Trinajstić information content (AvgIpc) is 2.36. The van der Waals surface area contributed by atoms with Gasteiger partial charge in [0.2, 0.25) is 5.91 Å². The minimum absolute atomic E-state index is 0.119. The predicted octanol–water partition coefficient (Wildman–Crippen LogP) is 0.543. The van der Waals surface area contributed by atoms with E-state index in [1.54, 1.807) is 6.92 Å². The molecule has 17 heavy (non-hydrogen) atoms. The number of aliphatic hydroxyl groups is 1. The van der Waals surface area contributed by atoms with Crippen molar-refractivity contribution in [2.75, 3.05) is 13.2 Å². The van der Waals surface area contributed by atoms with Gasteiger partial charge in [-0.1, -0.05) is 30.3 Å². The number of ketones is 1. The highest BCUT2D eigenvalue weighted by Crippen LogP contribution is 2.06. The molecule has 0 radical (unpaired) electrons. The molecule has 0 fully saturated rings. The fraction of sp³-hybridized carbons (Fsp3) is 0.385. The third-order valence-corrected chi connectivity index (χ3v) is 2.51. The summed E-state index contributed by atoms with van der Waals surface area (Å²) >= 11 is 0. The second-order valence-corrected chi connectivity index (χ2v) is 3.87. The normalized spacial score (nSPS) is 11.9. The summed E-state index contributed by atoms with van der Waals surface area (Å²) in [4.78, 5) is 23.3. The molecule has 1 rings (SSSR count). The van der Waals surface area contributed by atoms with E-state index in [1.165, 1.54) is 0 Å². The van der Waals surface area contributed by atoms with E-state index in [1.807, 2.05) is 30.3 Å². The van der Waals surface area contributed by atoms with Crippen LogP contribution in [0.1, 0.15) is 12.5 Å². The molecule has 1 aromatic rings. The molecule has 0 aliphatic rings. The highest BCUT2D eigenvalue weighted by atomic mass is 16.3. The molecule has 1 aromatic carbocycles. The van der Waals surface area contributed by atoms with Gasteiger partial charge in [-0.2, -0.15) is 0 Å². The van der Waals surface area contributed by atoms with Gasteiger partial charge in [-0.3, -0.25) is 9.59 Å². The second-order valence-electron chi connectivity index (χ2n) is 3.87. The van der Waals surface area contributed by atoms with Crippen molar-refractivity contribution in [1.29, 1.82) is 0 Å².